The first-order valence-electron chi connectivity index (χ1n) is 11.6. The van der Waals surface area contributed by atoms with E-state index in [1.54, 1.807) is 17.1 Å². The lowest BCUT2D eigenvalue weighted by Crippen LogP contribution is -2.57. The van der Waals surface area contributed by atoms with E-state index in [-0.39, 0.29) is 28.2 Å². The van der Waals surface area contributed by atoms with Gasteiger partial charge in [-0.25, -0.2) is 18.4 Å². The van der Waals surface area contributed by atoms with Crippen LogP contribution in [-0.2, 0) is 16.2 Å². The lowest BCUT2D eigenvalue weighted by Gasteiger charge is -2.45. The number of anilines is 1. The van der Waals surface area contributed by atoms with Gasteiger partial charge in [-0.15, -0.1) is 0 Å². The van der Waals surface area contributed by atoms with Crippen LogP contribution in [0.5, 0.6) is 0 Å². The number of pyridine rings is 1. The van der Waals surface area contributed by atoms with Crippen LogP contribution in [0.2, 0.25) is 5.02 Å². The first-order chi connectivity index (χ1) is 16.4. The summed E-state index contributed by atoms with van der Waals surface area (Å²) in [5.74, 6) is 0.355. The van der Waals surface area contributed by atoms with Crippen molar-refractivity contribution >= 4 is 27.4 Å². The molecule has 2 aromatic heterocycles. The van der Waals surface area contributed by atoms with Gasteiger partial charge in [-0.2, -0.15) is 17.5 Å². The quantitative estimate of drug-likeness (QED) is 0.579. The Morgan fingerprint density at radius 2 is 1.80 bits per heavy atom. The fraction of sp³-hybridized carbons (Fsp3) is 0.636. The lowest BCUT2D eigenvalue weighted by atomic mass is 10.0. The number of hydrogen-bond donors (Lipinski definition) is 0. The minimum absolute atomic E-state index is 0.00718. The van der Waals surface area contributed by atoms with Gasteiger partial charge < -0.3 is 9.47 Å². The van der Waals surface area contributed by atoms with Crippen molar-refractivity contribution in [2.24, 2.45) is 0 Å². The van der Waals surface area contributed by atoms with E-state index in [9.17, 15) is 21.6 Å². The van der Waals surface area contributed by atoms with Gasteiger partial charge in [0.25, 0.3) is 10.0 Å². The largest absolute Gasteiger partial charge is 0.417 e. The number of piperazine rings is 1. The predicted octanol–water partition coefficient (Wildman–Crippen LogP) is 3.90. The summed E-state index contributed by atoms with van der Waals surface area (Å²) in [6, 6.07) is 1.27. The van der Waals surface area contributed by atoms with Crippen LogP contribution in [0.4, 0.5) is 19.0 Å². The normalized spacial score (nSPS) is 21.7. The Labute approximate surface area is 208 Å². The van der Waals surface area contributed by atoms with Gasteiger partial charge >= 0.3 is 6.18 Å². The molecule has 4 heterocycles. The second kappa shape index (κ2) is 9.87. The van der Waals surface area contributed by atoms with E-state index in [0.717, 1.165) is 12.3 Å². The monoisotopic (exact) mass is 534 g/mol. The second-order valence-corrected chi connectivity index (χ2v) is 11.7. The third kappa shape index (κ3) is 5.45. The summed E-state index contributed by atoms with van der Waals surface area (Å²) in [7, 11) is -3.63. The summed E-state index contributed by atoms with van der Waals surface area (Å²) < 4.78 is 68.1. The number of piperidine rings is 1. The first-order valence-corrected chi connectivity index (χ1v) is 13.5. The Hall–Kier alpha value is -1.89. The smallest absolute Gasteiger partial charge is 0.350 e. The van der Waals surface area contributed by atoms with Crippen LogP contribution >= 0.6 is 11.6 Å². The van der Waals surface area contributed by atoms with Gasteiger partial charge in [0, 0.05) is 63.2 Å². The third-order valence-electron chi connectivity index (χ3n) is 6.80. The van der Waals surface area contributed by atoms with Gasteiger partial charge in [0.15, 0.2) is 5.03 Å². The number of rotatable bonds is 5. The zero-order valence-electron chi connectivity index (χ0n) is 19.9. The number of alkyl halides is 3. The molecular formula is C22H30ClF3N6O2S. The summed E-state index contributed by atoms with van der Waals surface area (Å²) in [5, 5.41) is 0.0614. The molecule has 0 saturated carbocycles. The van der Waals surface area contributed by atoms with Crippen LogP contribution in [-0.4, -0.2) is 77.0 Å². The molecule has 0 spiro atoms. The molecular weight excluding hydrogens is 505 g/mol. The Morgan fingerprint density at radius 3 is 2.34 bits per heavy atom. The number of hydrogen-bond acceptors (Lipinski definition) is 6. The number of nitrogens with zero attached hydrogens (tertiary/aromatic N) is 6. The third-order valence-corrected chi connectivity index (χ3v) is 8.86. The Balaban J connectivity index is 1.36. The molecule has 0 aliphatic carbocycles. The first kappa shape index (κ1) is 26.2. The molecule has 0 bridgehead atoms. The van der Waals surface area contributed by atoms with E-state index >= 15 is 0 Å². The van der Waals surface area contributed by atoms with Gasteiger partial charge in [0.05, 0.1) is 16.9 Å². The molecule has 35 heavy (non-hydrogen) atoms. The van der Waals surface area contributed by atoms with Crippen LogP contribution < -0.4 is 4.90 Å². The fourth-order valence-electron chi connectivity index (χ4n) is 4.74. The number of imidazole rings is 1. The van der Waals surface area contributed by atoms with Crippen molar-refractivity contribution in [1.29, 1.82) is 0 Å². The van der Waals surface area contributed by atoms with E-state index in [4.69, 9.17) is 11.6 Å². The molecule has 8 nitrogen and oxygen atoms in total. The van der Waals surface area contributed by atoms with Crippen molar-refractivity contribution < 1.29 is 21.6 Å². The Kier molecular flexibility index (Phi) is 7.38. The van der Waals surface area contributed by atoms with E-state index < -0.39 is 21.8 Å². The number of sulfonamides is 1. The van der Waals surface area contributed by atoms with Gasteiger partial charge in [-0.3, -0.25) is 4.90 Å². The van der Waals surface area contributed by atoms with Crippen LogP contribution in [0.15, 0.2) is 29.8 Å². The van der Waals surface area contributed by atoms with Gasteiger partial charge in [0.2, 0.25) is 0 Å². The Morgan fingerprint density at radius 1 is 1.11 bits per heavy atom. The summed E-state index contributed by atoms with van der Waals surface area (Å²) in [6.45, 7) is 8.72. The highest BCUT2D eigenvalue weighted by molar-refractivity contribution is 7.89. The van der Waals surface area contributed by atoms with Crippen LogP contribution in [0, 0.1) is 0 Å². The molecule has 0 aromatic carbocycles. The highest BCUT2D eigenvalue weighted by Crippen LogP contribution is 2.35. The van der Waals surface area contributed by atoms with E-state index in [1.807, 2.05) is 25.7 Å². The Bertz CT molecular complexity index is 1150. The lowest BCUT2D eigenvalue weighted by molar-refractivity contribution is -0.137. The van der Waals surface area contributed by atoms with Crippen molar-refractivity contribution in [3.63, 3.8) is 0 Å². The van der Waals surface area contributed by atoms with Gasteiger partial charge in [0.1, 0.15) is 5.82 Å². The zero-order valence-corrected chi connectivity index (χ0v) is 21.5. The molecule has 2 saturated heterocycles. The second-order valence-electron chi connectivity index (χ2n) is 9.45. The maximum absolute atomic E-state index is 13.0. The van der Waals surface area contributed by atoms with Crippen molar-refractivity contribution in [2.75, 3.05) is 37.6 Å². The molecule has 0 radical (unpaired) electrons. The molecule has 2 aliphatic rings. The van der Waals surface area contributed by atoms with Crippen molar-refractivity contribution in [3.8, 4) is 0 Å². The van der Waals surface area contributed by atoms with Crippen LogP contribution in [0.1, 0.15) is 45.2 Å². The fourth-order valence-corrected chi connectivity index (χ4v) is 6.41. The standard InChI is InChI=1S/C22H30ClF3N6O2S/c1-15(2)30-13-20(28-14-30)35(33,34)31-6-4-18(5-7-31)29-8-9-32(16(3)12-29)21-19(23)10-17(11-27-21)22(24,25)26/h10-11,13-16,18H,4-9,12H2,1-3H3. The molecule has 2 aliphatic heterocycles. The van der Waals surface area contributed by atoms with E-state index in [1.165, 1.54) is 4.31 Å². The average Bonchev–Trinajstić information content (AvgIpc) is 3.30. The highest BCUT2D eigenvalue weighted by Gasteiger charge is 2.37. The summed E-state index contributed by atoms with van der Waals surface area (Å²) in [6.07, 6.45) is 0.861. The maximum Gasteiger partial charge on any atom is 0.417 e. The topological polar surface area (TPSA) is 74.6 Å². The molecule has 1 unspecified atom stereocenters. The SMILES string of the molecule is CC1CN(C2CCN(S(=O)(=O)c3cn(C(C)C)cn3)CC2)CCN1c1ncc(C(F)(F)F)cc1Cl. The zero-order chi connectivity index (χ0) is 25.5. The minimum atomic E-state index is -4.49. The minimum Gasteiger partial charge on any atom is -0.350 e. The van der Waals surface area contributed by atoms with Gasteiger partial charge in [-0.1, -0.05) is 11.6 Å². The van der Waals surface area contributed by atoms with Gasteiger partial charge in [-0.05, 0) is 39.7 Å². The van der Waals surface area contributed by atoms with Crippen LogP contribution in [0.25, 0.3) is 0 Å². The van der Waals surface area contributed by atoms with Crippen molar-refractivity contribution in [2.45, 2.75) is 62.9 Å². The molecule has 4 rings (SSSR count). The number of aromatic nitrogens is 3. The molecule has 0 amide bonds. The molecule has 194 valence electrons. The highest BCUT2D eigenvalue weighted by atomic mass is 35.5. The van der Waals surface area contributed by atoms with E-state index in [0.29, 0.717) is 51.4 Å². The van der Waals surface area contributed by atoms with Crippen molar-refractivity contribution in [1.82, 2.24) is 23.7 Å². The maximum atomic E-state index is 13.0. The molecule has 2 aromatic rings. The summed E-state index contributed by atoms with van der Waals surface area (Å²) in [5.41, 5.74) is -0.866. The number of halogens is 4. The summed E-state index contributed by atoms with van der Waals surface area (Å²) >= 11 is 6.16. The van der Waals surface area contributed by atoms with Crippen LogP contribution in [0.3, 0.4) is 0 Å². The molecule has 0 N–H and O–H groups in total. The average molecular weight is 535 g/mol. The van der Waals surface area contributed by atoms with Crippen molar-refractivity contribution in [3.05, 3.63) is 35.4 Å². The molecule has 1 atom stereocenters. The summed E-state index contributed by atoms with van der Waals surface area (Å²) in [4.78, 5) is 12.4. The molecule has 2 fully saturated rings. The predicted molar refractivity (Wildman–Crippen MR) is 127 cm³/mol. The molecule has 13 heteroatoms. The van der Waals surface area contributed by atoms with E-state index in [2.05, 4.69) is 14.9 Å².